The van der Waals surface area contributed by atoms with Crippen molar-refractivity contribution in [1.82, 2.24) is 4.98 Å². The number of nitrogens with two attached hydrogens (primary N) is 1. The Labute approximate surface area is 118 Å². The van der Waals surface area contributed by atoms with Crippen molar-refractivity contribution in [2.75, 3.05) is 5.32 Å². The first kappa shape index (κ1) is 15.4. The normalized spacial score (nSPS) is 10.9. The maximum atomic E-state index is 11.5. The first-order valence-corrected chi connectivity index (χ1v) is 6.34. The second-order valence-corrected chi connectivity index (χ2v) is 6.11. The van der Waals surface area contributed by atoms with Crippen LogP contribution in [-0.2, 0) is 9.53 Å². The van der Waals surface area contributed by atoms with Gasteiger partial charge in [0.2, 0.25) is 0 Å². The number of hydrogen-bond donors (Lipinski definition) is 3. The first-order chi connectivity index (χ1) is 8.60. The molecule has 0 radical (unpaired) electrons. The van der Waals surface area contributed by atoms with Gasteiger partial charge in [-0.2, -0.15) is 0 Å². The van der Waals surface area contributed by atoms with Gasteiger partial charge in [0, 0.05) is 0 Å². The van der Waals surface area contributed by atoms with Crippen LogP contribution in [0.3, 0.4) is 0 Å². The number of halogens is 1. The number of carbonyl (C=O) groups is 2. The Kier molecular flexibility index (Phi) is 4.48. The lowest BCUT2D eigenvalue weighted by molar-refractivity contribution is -0.112. The van der Waals surface area contributed by atoms with E-state index in [2.05, 4.69) is 10.3 Å². The Hall–Kier alpha value is -1.67. The zero-order valence-electron chi connectivity index (χ0n) is 10.5. The van der Waals surface area contributed by atoms with Gasteiger partial charge in [0.05, 0.1) is 0 Å². The van der Waals surface area contributed by atoms with E-state index in [0.29, 0.717) is 0 Å². The quantitative estimate of drug-likeness (QED) is 0.740. The van der Waals surface area contributed by atoms with Crippen molar-refractivity contribution >= 4 is 45.8 Å². The molecule has 0 fully saturated rings. The Bertz CT molecular complexity index is 535. The van der Waals surface area contributed by atoms with Gasteiger partial charge in [-0.3, -0.25) is 15.5 Å². The van der Waals surface area contributed by atoms with Crippen LogP contribution in [0.15, 0.2) is 0 Å². The number of thiazole rings is 1. The van der Waals surface area contributed by atoms with Crippen molar-refractivity contribution < 1.29 is 14.3 Å². The lowest BCUT2D eigenvalue weighted by Gasteiger charge is -2.18. The van der Waals surface area contributed by atoms with Crippen LogP contribution in [0.2, 0.25) is 4.34 Å². The molecule has 0 unspecified atom stereocenters. The van der Waals surface area contributed by atoms with Crippen LogP contribution in [0, 0.1) is 5.41 Å². The predicted molar refractivity (Wildman–Crippen MR) is 73.0 cm³/mol. The van der Waals surface area contributed by atoms with Crippen LogP contribution in [0.4, 0.5) is 9.93 Å². The summed E-state index contributed by atoms with van der Waals surface area (Å²) in [4.78, 5) is 26.2. The largest absolute Gasteiger partial charge is 0.444 e. The molecule has 2 amide bonds. The highest BCUT2D eigenvalue weighted by atomic mass is 35.5. The van der Waals surface area contributed by atoms with Crippen molar-refractivity contribution in [1.29, 1.82) is 5.41 Å². The maximum absolute atomic E-state index is 11.5. The Morgan fingerprint density at radius 2 is 2.05 bits per heavy atom. The first-order valence-electron chi connectivity index (χ1n) is 5.15. The van der Waals surface area contributed by atoms with Crippen molar-refractivity contribution in [3.05, 3.63) is 10.0 Å². The summed E-state index contributed by atoms with van der Waals surface area (Å²) in [6.07, 6.45) is -0.699. The fraction of sp³-hybridized carbons (Fsp3) is 0.400. The molecule has 0 aliphatic carbocycles. The van der Waals surface area contributed by atoms with Gasteiger partial charge in [-0.1, -0.05) is 22.9 Å². The summed E-state index contributed by atoms with van der Waals surface area (Å²) in [5.41, 5.74) is 3.74. The zero-order valence-corrected chi connectivity index (χ0v) is 12.1. The predicted octanol–water partition coefficient (Wildman–Crippen LogP) is 2.00. The number of hydrogen-bond acceptors (Lipinski definition) is 6. The Morgan fingerprint density at radius 3 is 2.53 bits per heavy atom. The number of carbonyl (C=O) groups excluding carboxylic acids is 2. The molecule has 9 heteroatoms. The minimum absolute atomic E-state index is 0.0646. The second-order valence-electron chi connectivity index (χ2n) is 4.51. The number of nitrogens with one attached hydrogen (secondary N) is 2. The van der Waals surface area contributed by atoms with E-state index in [0.717, 1.165) is 11.3 Å². The van der Waals surface area contributed by atoms with Gasteiger partial charge in [0.25, 0.3) is 5.91 Å². The molecule has 0 atom stereocenters. The third kappa shape index (κ3) is 4.49. The van der Waals surface area contributed by atoms with E-state index in [-0.39, 0.29) is 15.2 Å². The van der Waals surface area contributed by atoms with Crippen LogP contribution in [0.25, 0.3) is 0 Å². The standard InChI is InChI=1S/C10H13ClN4O3S/c1-10(2,3)18-9(17)15-8-14-5(6(11)19-8)4(12)7(13)16/h12H,1-3H3,(H2,13,16)(H,14,15,17). The molecule has 1 aromatic rings. The highest BCUT2D eigenvalue weighted by Gasteiger charge is 2.21. The lowest BCUT2D eigenvalue weighted by Crippen LogP contribution is -2.27. The number of rotatable bonds is 3. The molecule has 7 nitrogen and oxygen atoms in total. The highest BCUT2D eigenvalue weighted by molar-refractivity contribution is 7.20. The van der Waals surface area contributed by atoms with Crippen molar-refractivity contribution in [3.8, 4) is 0 Å². The smallest absolute Gasteiger partial charge is 0.413 e. The molecule has 4 N–H and O–H groups in total. The van der Waals surface area contributed by atoms with Crippen LogP contribution < -0.4 is 11.1 Å². The molecule has 0 saturated carbocycles. The molecule has 1 rings (SSSR count). The fourth-order valence-corrected chi connectivity index (χ4v) is 2.06. The summed E-state index contributed by atoms with van der Waals surface area (Å²) in [6.45, 7) is 5.15. The Balaban J connectivity index is 2.82. The summed E-state index contributed by atoms with van der Waals surface area (Å²) in [5.74, 6) is -0.948. The summed E-state index contributed by atoms with van der Waals surface area (Å²) < 4.78 is 5.12. The number of ether oxygens (including phenoxy) is 1. The monoisotopic (exact) mass is 304 g/mol. The molecule has 1 aromatic heterocycles. The van der Waals surface area contributed by atoms with E-state index in [1.165, 1.54) is 0 Å². The van der Waals surface area contributed by atoms with Crippen molar-refractivity contribution in [2.45, 2.75) is 26.4 Å². The van der Waals surface area contributed by atoms with Gasteiger partial charge in [-0.15, -0.1) is 0 Å². The van der Waals surface area contributed by atoms with Crippen LogP contribution in [0.1, 0.15) is 26.5 Å². The summed E-state index contributed by atoms with van der Waals surface area (Å²) in [6, 6.07) is 0. The maximum Gasteiger partial charge on any atom is 0.413 e. The van der Waals surface area contributed by atoms with Crippen LogP contribution in [0.5, 0.6) is 0 Å². The zero-order chi connectivity index (χ0) is 14.8. The van der Waals surface area contributed by atoms with Gasteiger partial charge < -0.3 is 10.5 Å². The number of primary amides is 1. The molecule has 104 valence electrons. The number of amides is 2. The average Bonchev–Trinajstić information content (AvgIpc) is 2.54. The molecule has 0 aromatic carbocycles. The van der Waals surface area contributed by atoms with Crippen molar-refractivity contribution in [3.63, 3.8) is 0 Å². The molecular formula is C10H13ClN4O3S. The third-order valence-electron chi connectivity index (χ3n) is 1.68. The van der Waals surface area contributed by atoms with E-state index < -0.39 is 23.3 Å². The van der Waals surface area contributed by atoms with E-state index in [4.69, 9.17) is 27.5 Å². The van der Waals surface area contributed by atoms with E-state index in [9.17, 15) is 9.59 Å². The molecule has 0 spiro atoms. The Morgan fingerprint density at radius 1 is 1.47 bits per heavy atom. The molecule has 19 heavy (non-hydrogen) atoms. The minimum atomic E-state index is -0.948. The average molecular weight is 305 g/mol. The third-order valence-corrected chi connectivity index (χ3v) is 2.85. The molecule has 0 aliphatic rings. The van der Waals surface area contributed by atoms with Gasteiger partial charge in [0.1, 0.15) is 21.3 Å². The van der Waals surface area contributed by atoms with Crippen LogP contribution in [-0.4, -0.2) is 28.3 Å². The molecule has 0 saturated heterocycles. The molecule has 0 aliphatic heterocycles. The molecule has 0 bridgehead atoms. The van der Waals surface area contributed by atoms with E-state index in [1.807, 2.05) is 0 Å². The van der Waals surface area contributed by atoms with E-state index >= 15 is 0 Å². The lowest BCUT2D eigenvalue weighted by atomic mass is 10.2. The van der Waals surface area contributed by atoms with Gasteiger partial charge >= 0.3 is 6.09 Å². The van der Waals surface area contributed by atoms with E-state index in [1.54, 1.807) is 20.8 Å². The highest BCUT2D eigenvalue weighted by Crippen LogP contribution is 2.28. The number of aromatic nitrogens is 1. The molecular weight excluding hydrogens is 292 g/mol. The number of anilines is 1. The second kappa shape index (κ2) is 5.54. The van der Waals surface area contributed by atoms with Crippen LogP contribution >= 0.6 is 22.9 Å². The van der Waals surface area contributed by atoms with Gasteiger partial charge in [-0.05, 0) is 20.8 Å². The summed E-state index contributed by atoms with van der Waals surface area (Å²) in [5, 5.41) is 9.90. The van der Waals surface area contributed by atoms with Gasteiger partial charge in [-0.25, -0.2) is 9.78 Å². The molecule has 1 heterocycles. The fourth-order valence-electron chi connectivity index (χ4n) is 1.02. The summed E-state index contributed by atoms with van der Waals surface area (Å²) >= 11 is 6.72. The van der Waals surface area contributed by atoms with Gasteiger partial charge in [0.15, 0.2) is 5.13 Å². The SMILES string of the molecule is CC(C)(C)OC(=O)Nc1nc(C(=N)C(N)=O)c(Cl)s1. The topological polar surface area (TPSA) is 118 Å². The number of nitrogens with zero attached hydrogens (tertiary/aromatic N) is 1. The van der Waals surface area contributed by atoms with Crippen molar-refractivity contribution in [2.24, 2.45) is 5.73 Å². The minimum Gasteiger partial charge on any atom is -0.444 e. The summed E-state index contributed by atoms with van der Waals surface area (Å²) in [7, 11) is 0.